The highest BCUT2D eigenvalue weighted by molar-refractivity contribution is 5.88. The average Bonchev–Trinajstić information content (AvgIpc) is 2.09. The van der Waals surface area contributed by atoms with Crippen molar-refractivity contribution < 1.29 is 4.79 Å². The van der Waals surface area contributed by atoms with Gasteiger partial charge in [0.15, 0.2) is 0 Å². The Bertz CT molecular complexity index is 331. The number of anilines is 1. The molecule has 1 heterocycles. The number of aromatic amines is 1. The minimum absolute atomic E-state index is 0.225. The van der Waals surface area contributed by atoms with Gasteiger partial charge in [0.1, 0.15) is 5.69 Å². The molecular formula is C7H9N3O2. The van der Waals surface area contributed by atoms with Crippen LogP contribution in [0.2, 0.25) is 0 Å². The van der Waals surface area contributed by atoms with Crippen molar-refractivity contribution in [1.29, 1.82) is 0 Å². The predicted molar refractivity (Wildman–Crippen MR) is 45.1 cm³/mol. The lowest BCUT2D eigenvalue weighted by Gasteiger charge is -2.01. The Morgan fingerprint density at radius 3 is 2.92 bits per heavy atom. The van der Waals surface area contributed by atoms with E-state index in [1.54, 1.807) is 0 Å². The Labute approximate surface area is 68.8 Å². The van der Waals surface area contributed by atoms with Crippen molar-refractivity contribution in [3.8, 4) is 0 Å². The summed E-state index contributed by atoms with van der Waals surface area (Å²) >= 11 is 0. The van der Waals surface area contributed by atoms with E-state index in [2.05, 4.69) is 15.6 Å². The van der Waals surface area contributed by atoms with Crippen LogP contribution < -0.4 is 16.1 Å². The maximum absolute atomic E-state index is 11.0. The van der Waals surface area contributed by atoms with Crippen LogP contribution in [-0.2, 0) is 0 Å². The van der Waals surface area contributed by atoms with Gasteiger partial charge in [-0.15, -0.1) is 0 Å². The van der Waals surface area contributed by atoms with E-state index in [1.165, 1.54) is 25.5 Å². The number of amides is 2. The lowest BCUT2D eigenvalue weighted by atomic mass is 10.4. The van der Waals surface area contributed by atoms with Crippen LogP contribution in [0.15, 0.2) is 23.3 Å². The summed E-state index contributed by atoms with van der Waals surface area (Å²) in [6, 6.07) is 0.928. The molecule has 0 aliphatic heterocycles. The van der Waals surface area contributed by atoms with E-state index < -0.39 is 6.03 Å². The summed E-state index contributed by atoms with van der Waals surface area (Å²) < 4.78 is 0. The normalized spacial score (nSPS) is 9.08. The molecule has 5 nitrogen and oxygen atoms in total. The number of urea groups is 1. The zero-order chi connectivity index (χ0) is 8.97. The number of aromatic nitrogens is 1. The van der Waals surface area contributed by atoms with Crippen LogP contribution in [0.4, 0.5) is 10.5 Å². The third kappa shape index (κ3) is 1.85. The first-order valence-corrected chi connectivity index (χ1v) is 3.40. The van der Waals surface area contributed by atoms with E-state index in [-0.39, 0.29) is 11.1 Å². The molecule has 0 aliphatic carbocycles. The largest absolute Gasteiger partial charge is 0.366 e. The maximum Gasteiger partial charge on any atom is 0.319 e. The first-order chi connectivity index (χ1) is 5.74. The summed E-state index contributed by atoms with van der Waals surface area (Å²) in [6.07, 6.45) is 2.93. The summed E-state index contributed by atoms with van der Waals surface area (Å²) in [7, 11) is 1.48. The number of pyridine rings is 1. The topological polar surface area (TPSA) is 74.0 Å². The van der Waals surface area contributed by atoms with Gasteiger partial charge in [-0.3, -0.25) is 4.79 Å². The summed E-state index contributed by atoms with van der Waals surface area (Å²) in [5.74, 6) is 0. The molecule has 5 heteroatoms. The number of nitrogens with one attached hydrogen (secondary N) is 3. The molecule has 0 radical (unpaired) electrons. The Morgan fingerprint density at radius 2 is 2.33 bits per heavy atom. The number of H-pyrrole nitrogens is 1. The van der Waals surface area contributed by atoms with E-state index in [1.807, 2.05) is 0 Å². The fraction of sp³-hybridized carbons (Fsp3) is 0.143. The molecule has 3 N–H and O–H groups in total. The van der Waals surface area contributed by atoms with Gasteiger partial charge in [0.2, 0.25) is 5.43 Å². The standard InChI is InChI=1S/C7H9N3O2/c1-8-7(12)10-5-4-9-3-2-6(5)11/h2-4H,1H3,(H,9,11)(H2,8,10,12). The number of hydrogen-bond acceptors (Lipinski definition) is 2. The molecule has 64 valence electrons. The first kappa shape index (κ1) is 8.32. The van der Waals surface area contributed by atoms with Crippen molar-refractivity contribution in [2.24, 2.45) is 0 Å². The number of rotatable bonds is 1. The molecule has 1 aromatic heterocycles. The van der Waals surface area contributed by atoms with Gasteiger partial charge in [-0.25, -0.2) is 4.79 Å². The van der Waals surface area contributed by atoms with Gasteiger partial charge in [-0.05, 0) is 0 Å². The van der Waals surface area contributed by atoms with Crippen molar-refractivity contribution >= 4 is 11.7 Å². The van der Waals surface area contributed by atoms with Crippen molar-refractivity contribution in [2.45, 2.75) is 0 Å². The molecule has 1 rings (SSSR count). The summed E-state index contributed by atoms with van der Waals surface area (Å²) in [5, 5.41) is 4.70. The molecule has 0 saturated carbocycles. The second-order valence-electron chi connectivity index (χ2n) is 2.13. The summed E-state index contributed by atoms with van der Waals surface area (Å²) in [5.41, 5.74) is 0.00852. The van der Waals surface area contributed by atoms with Crippen LogP contribution in [0.3, 0.4) is 0 Å². The van der Waals surface area contributed by atoms with Crippen molar-refractivity contribution in [3.05, 3.63) is 28.7 Å². The smallest absolute Gasteiger partial charge is 0.319 e. The van der Waals surface area contributed by atoms with Crippen LogP contribution in [-0.4, -0.2) is 18.1 Å². The number of carbonyl (C=O) groups is 1. The molecule has 12 heavy (non-hydrogen) atoms. The van der Waals surface area contributed by atoms with Gasteiger partial charge in [0.05, 0.1) is 0 Å². The number of hydrogen-bond donors (Lipinski definition) is 3. The van der Waals surface area contributed by atoms with E-state index in [0.29, 0.717) is 0 Å². The van der Waals surface area contributed by atoms with Crippen molar-refractivity contribution in [2.75, 3.05) is 12.4 Å². The Hall–Kier alpha value is -1.78. The molecule has 0 aromatic carbocycles. The van der Waals surface area contributed by atoms with Crippen LogP contribution in [0.5, 0.6) is 0 Å². The highest BCUT2D eigenvalue weighted by Gasteiger charge is 2.00. The van der Waals surface area contributed by atoms with Crippen LogP contribution in [0.1, 0.15) is 0 Å². The molecule has 0 saturated heterocycles. The van der Waals surface area contributed by atoms with Gasteiger partial charge < -0.3 is 15.6 Å². The molecule has 0 bridgehead atoms. The molecule has 2 amide bonds. The lowest BCUT2D eigenvalue weighted by molar-refractivity contribution is 0.254. The van der Waals surface area contributed by atoms with Gasteiger partial charge in [-0.2, -0.15) is 0 Å². The molecule has 0 unspecified atom stereocenters. The fourth-order valence-electron chi connectivity index (χ4n) is 0.699. The Morgan fingerprint density at radius 1 is 1.58 bits per heavy atom. The van der Waals surface area contributed by atoms with E-state index >= 15 is 0 Å². The molecule has 1 aromatic rings. The highest BCUT2D eigenvalue weighted by Crippen LogP contribution is 1.93. The van der Waals surface area contributed by atoms with Crippen LogP contribution in [0, 0.1) is 0 Å². The second-order valence-corrected chi connectivity index (χ2v) is 2.13. The first-order valence-electron chi connectivity index (χ1n) is 3.40. The third-order valence-electron chi connectivity index (χ3n) is 1.30. The quantitative estimate of drug-likeness (QED) is 0.556. The van der Waals surface area contributed by atoms with E-state index in [0.717, 1.165) is 0 Å². The SMILES string of the molecule is CNC(=O)Nc1c[nH]ccc1=O. The molecule has 0 fully saturated rings. The van der Waals surface area contributed by atoms with E-state index in [4.69, 9.17) is 0 Å². The summed E-state index contributed by atoms with van der Waals surface area (Å²) in [4.78, 5) is 24.5. The van der Waals surface area contributed by atoms with Crippen molar-refractivity contribution in [3.63, 3.8) is 0 Å². The number of carbonyl (C=O) groups excluding carboxylic acids is 1. The van der Waals surface area contributed by atoms with Crippen LogP contribution in [0.25, 0.3) is 0 Å². The average molecular weight is 167 g/mol. The maximum atomic E-state index is 11.0. The van der Waals surface area contributed by atoms with Crippen LogP contribution >= 0.6 is 0 Å². The molecular weight excluding hydrogens is 158 g/mol. The Kier molecular flexibility index (Phi) is 2.47. The molecule has 0 aliphatic rings. The van der Waals surface area contributed by atoms with Gasteiger partial charge in [0, 0.05) is 25.5 Å². The Balaban J connectivity index is 2.83. The van der Waals surface area contributed by atoms with Gasteiger partial charge >= 0.3 is 6.03 Å². The predicted octanol–water partition coefficient (Wildman–Crippen LogP) is 0.126. The zero-order valence-corrected chi connectivity index (χ0v) is 6.55. The molecule has 0 spiro atoms. The highest BCUT2D eigenvalue weighted by atomic mass is 16.2. The third-order valence-corrected chi connectivity index (χ3v) is 1.30. The minimum atomic E-state index is -0.410. The summed E-state index contributed by atoms with van der Waals surface area (Å²) in [6.45, 7) is 0. The minimum Gasteiger partial charge on any atom is -0.366 e. The lowest BCUT2D eigenvalue weighted by Crippen LogP contribution is -2.27. The fourth-order valence-corrected chi connectivity index (χ4v) is 0.699. The monoisotopic (exact) mass is 167 g/mol. The second kappa shape index (κ2) is 3.56. The van der Waals surface area contributed by atoms with Gasteiger partial charge in [0.25, 0.3) is 0 Å². The van der Waals surface area contributed by atoms with Crippen molar-refractivity contribution in [1.82, 2.24) is 10.3 Å². The molecule has 0 atom stereocenters. The van der Waals surface area contributed by atoms with Gasteiger partial charge in [-0.1, -0.05) is 0 Å². The van der Waals surface area contributed by atoms with E-state index in [9.17, 15) is 9.59 Å². The zero-order valence-electron chi connectivity index (χ0n) is 6.55.